The third-order valence-electron chi connectivity index (χ3n) is 5.09. The number of phenols is 2. The molecule has 0 aliphatic rings. The number of benzene rings is 3. The van der Waals surface area contributed by atoms with Crippen LogP contribution < -0.4 is 19.5 Å². The summed E-state index contributed by atoms with van der Waals surface area (Å²) < 4.78 is 17.1. The van der Waals surface area contributed by atoms with Crippen molar-refractivity contribution in [1.82, 2.24) is 0 Å². The zero-order valence-corrected chi connectivity index (χ0v) is 19.0. The van der Waals surface area contributed by atoms with E-state index in [2.05, 4.69) is 5.32 Å². The smallest absolute Gasteiger partial charge is 0.170 e. The molecule has 0 saturated heterocycles. The van der Waals surface area contributed by atoms with Gasteiger partial charge in [0.15, 0.2) is 11.5 Å². The van der Waals surface area contributed by atoms with Gasteiger partial charge in [0.1, 0.15) is 23.9 Å². The third-order valence-corrected chi connectivity index (χ3v) is 5.09. The lowest BCUT2D eigenvalue weighted by molar-refractivity contribution is 0.363. The largest absolute Gasteiger partial charge is 0.508 e. The van der Waals surface area contributed by atoms with Gasteiger partial charge in [-0.2, -0.15) is 0 Å². The second-order valence-electron chi connectivity index (χ2n) is 7.48. The zero-order valence-electron chi connectivity index (χ0n) is 19.0. The molecule has 0 spiro atoms. The number of phenolic OH excluding ortho intramolecular Hbond substituents is 2. The van der Waals surface area contributed by atoms with Crippen LogP contribution in [0.4, 0.5) is 5.69 Å². The Balaban J connectivity index is 2.11. The SMILES string of the molecule is CNc1cc(-c2c(OC)cc(-c3ccc(O)cc3)c(OC)c2O)ccc1OCC=C(C)C. The van der Waals surface area contributed by atoms with Gasteiger partial charge in [-0.3, -0.25) is 0 Å². The minimum absolute atomic E-state index is 0.0322. The maximum Gasteiger partial charge on any atom is 0.170 e. The highest BCUT2D eigenvalue weighted by molar-refractivity contribution is 5.88. The molecule has 0 saturated carbocycles. The van der Waals surface area contributed by atoms with Crippen molar-refractivity contribution in [2.75, 3.05) is 33.2 Å². The predicted octanol–water partition coefficient (Wildman–Crippen LogP) is 5.84. The molecule has 3 aromatic rings. The predicted molar refractivity (Wildman–Crippen MR) is 128 cm³/mol. The Hall–Kier alpha value is -3.80. The molecule has 0 fully saturated rings. The zero-order chi connectivity index (χ0) is 23.3. The van der Waals surface area contributed by atoms with Crippen molar-refractivity contribution in [3.05, 3.63) is 60.2 Å². The first kappa shape index (κ1) is 22.9. The van der Waals surface area contributed by atoms with Gasteiger partial charge in [0.05, 0.1) is 25.5 Å². The van der Waals surface area contributed by atoms with Gasteiger partial charge in [0, 0.05) is 12.6 Å². The second-order valence-corrected chi connectivity index (χ2v) is 7.48. The van der Waals surface area contributed by atoms with Crippen molar-refractivity contribution in [2.24, 2.45) is 0 Å². The molecule has 0 bridgehead atoms. The van der Waals surface area contributed by atoms with Crippen molar-refractivity contribution in [1.29, 1.82) is 0 Å². The lowest BCUT2D eigenvalue weighted by atomic mass is 9.96. The number of hydrogen-bond donors (Lipinski definition) is 3. The summed E-state index contributed by atoms with van der Waals surface area (Å²) in [4.78, 5) is 0. The summed E-state index contributed by atoms with van der Waals surface area (Å²) in [6.45, 7) is 4.52. The number of anilines is 1. The summed E-state index contributed by atoms with van der Waals surface area (Å²) in [6.07, 6.45) is 2.01. The molecule has 0 atom stereocenters. The van der Waals surface area contributed by atoms with Crippen LogP contribution in [-0.4, -0.2) is 38.1 Å². The summed E-state index contributed by atoms with van der Waals surface area (Å²) in [5, 5.41) is 23.9. The number of aromatic hydroxyl groups is 2. The molecule has 168 valence electrons. The van der Waals surface area contributed by atoms with Gasteiger partial charge in [-0.25, -0.2) is 0 Å². The minimum atomic E-state index is -0.0322. The van der Waals surface area contributed by atoms with Crippen molar-refractivity contribution < 1.29 is 24.4 Å². The first-order chi connectivity index (χ1) is 15.4. The molecule has 0 heterocycles. The highest BCUT2D eigenvalue weighted by Gasteiger charge is 2.22. The fraction of sp³-hybridized carbons (Fsp3) is 0.231. The molecule has 6 nitrogen and oxygen atoms in total. The molecule has 3 N–H and O–H groups in total. The summed E-state index contributed by atoms with van der Waals surface area (Å²) in [5.41, 5.74) is 4.66. The third kappa shape index (κ3) is 4.75. The van der Waals surface area contributed by atoms with Gasteiger partial charge in [0.25, 0.3) is 0 Å². The van der Waals surface area contributed by atoms with Crippen LogP contribution in [0.2, 0.25) is 0 Å². The second kappa shape index (κ2) is 10.0. The van der Waals surface area contributed by atoms with E-state index in [-0.39, 0.29) is 11.5 Å². The number of hydrogen-bond acceptors (Lipinski definition) is 6. The molecule has 0 unspecified atom stereocenters. The Morgan fingerprint density at radius 1 is 0.906 bits per heavy atom. The van der Waals surface area contributed by atoms with Crippen molar-refractivity contribution in [3.63, 3.8) is 0 Å². The number of ether oxygens (including phenoxy) is 3. The summed E-state index contributed by atoms with van der Waals surface area (Å²) in [5.74, 6) is 1.65. The van der Waals surface area contributed by atoms with Gasteiger partial charge in [-0.05, 0) is 61.4 Å². The molecule has 3 rings (SSSR count). The number of methoxy groups -OCH3 is 2. The molecule has 32 heavy (non-hydrogen) atoms. The van der Waals surface area contributed by atoms with Gasteiger partial charge in [-0.1, -0.05) is 23.8 Å². The van der Waals surface area contributed by atoms with Crippen LogP contribution in [0.1, 0.15) is 13.8 Å². The molecule has 0 amide bonds. The Labute approximate surface area is 188 Å². The van der Waals surface area contributed by atoms with Crippen LogP contribution in [-0.2, 0) is 0 Å². The Bertz CT molecular complexity index is 1120. The normalized spacial score (nSPS) is 10.4. The van der Waals surface area contributed by atoms with Crippen LogP contribution in [0.5, 0.6) is 28.7 Å². The van der Waals surface area contributed by atoms with E-state index in [1.54, 1.807) is 31.4 Å². The van der Waals surface area contributed by atoms with Gasteiger partial charge in [-0.15, -0.1) is 0 Å². The molecule has 3 aromatic carbocycles. The highest BCUT2D eigenvalue weighted by Crippen LogP contribution is 2.50. The van der Waals surface area contributed by atoms with E-state index in [0.717, 1.165) is 16.8 Å². The van der Waals surface area contributed by atoms with E-state index in [0.29, 0.717) is 35.0 Å². The molecule has 0 aromatic heterocycles. The first-order valence-corrected chi connectivity index (χ1v) is 10.2. The maximum absolute atomic E-state index is 11.2. The maximum atomic E-state index is 11.2. The molecular formula is C26H29NO5. The van der Waals surface area contributed by atoms with Crippen LogP contribution in [0, 0.1) is 0 Å². The van der Waals surface area contributed by atoms with Crippen LogP contribution in [0.3, 0.4) is 0 Å². The van der Waals surface area contributed by atoms with E-state index in [4.69, 9.17) is 14.2 Å². The van der Waals surface area contributed by atoms with E-state index in [9.17, 15) is 10.2 Å². The average molecular weight is 436 g/mol. The Morgan fingerprint density at radius 2 is 1.59 bits per heavy atom. The Kier molecular flexibility index (Phi) is 7.15. The lowest BCUT2D eigenvalue weighted by Crippen LogP contribution is -2.00. The topological polar surface area (TPSA) is 80.2 Å². The lowest BCUT2D eigenvalue weighted by Gasteiger charge is -2.19. The van der Waals surface area contributed by atoms with Gasteiger partial charge < -0.3 is 29.7 Å². The fourth-order valence-corrected chi connectivity index (χ4v) is 3.43. The van der Waals surface area contributed by atoms with Crippen LogP contribution >= 0.6 is 0 Å². The molecular weight excluding hydrogens is 406 g/mol. The van der Waals surface area contributed by atoms with Crippen molar-refractivity contribution in [3.8, 4) is 51.0 Å². The number of nitrogens with one attached hydrogen (secondary N) is 1. The van der Waals surface area contributed by atoms with Crippen molar-refractivity contribution >= 4 is 5.69 Å². The van der Waals surface area contributed by atoms with Crippen LogP contribution in [0.25, 0.3) is 22.3 Å². The number of allylic oxidation sites excluding steroid dienone is 1. The summed E-state index contributed by atoms with van der Waals surface area (Å²) in [7, 11) is 4.88. The quantitative estimate of drug-likeness (QED) is 0.386. The number of rotatable bonds is 8. The van der Waals surface area contributed by atoms with E-state index in [1.165, 1.54) is 12.7 Å². The highest BCUT2D eigenvalue weighted by atomic mass is 16.5. The molecule has 0 aliphatic carbocycles. The van der Waals surface area contributed by atoms with Crippen molar-refractivity contribution in [2.45, 2.75) is 13.8 Å². The van der Waals surface area contributed by atoms with Crippen LogP contribution in [0.15, 0.2) is 60.2 Å². The standard InChI is InChI=1S/C26H29NO5/c1-16(2)12-13-32-22-11-8-18(14-21(22)27-3)24-23(30-4)15-20(26(31-5)25(24)29)17-6-9-19(28)10-7-17/h6-12,14-15,27-29H,13H2,1-5H3. The van der Waals surface area contributed by atoms with E-state index >= 15 is 0 Å². The average Bonchev–Trinajstić information content (AvgIpc) is 2.79. The molecule has 0 radical (unpaired) electrons. The molecule has 0 aliphatic heterocycles. The fourth-order valence-electron chi connectivity index (χ4n) is 3.43. The molecule has 6 heteroatoms. The van der Waals surface area contributed by atoms with Gasteiger partial charge in [0.2, 0.25) is 0 Å². The minimum Gasteiger partial charge on any atom is -0.508 e. The summed E-state index contributed by atoms with van der Waals surface area (Å²) >= 11 is 0. The monoisotopic (exact) mass is 435 g/mol. The Morgan fingerprint density at radius 3 is 2.19 bits per heavy atom. The van der Waals surface area contributed by atoms with E-state index in [1.807, 2.05) is 51.2 Å². The van der Waals surface area contributed by atoms with E-state index < -0.39 is 0 Å². The van der Waals surface area contributed by atoms with Gasteiger partial charge >= 0.3 is 0 Å². The first-order valence-electron chi connectivity index (χ1n) is 10.2. The summed E-state index contributed by atoms with van der Waals surface area (Å²) in [6, 6.07) is 14.1.